The molecule has 0 radical (unpaired) electrons. The van der Waals surface area contributed by atoms with Crippen molar-refractivity contribution < 1.29 is 9.53 Å². The van der Waals surface area contributed by atoms with Crippen LogP contribution >= 0.6 is 0 Å². The molecule has 0 saturated carbocycles. The van der Waals surface area contributed by atoms with Crippen LogP contribution in [-0.2, 0) is 6.54 Å². The number of hydrogen-bond donors (Lipinski definition) is 1. The molecule has 5 heteroatoms. The number of rotatable bonds is 2. The molecule has 1 N–H and O–H groups in total. The van der Waals surface area contributed by atoms with Crippen LogP contribution in [0, 0.1) is 0 Å². The number of hydrogen-bond acceptors (Lipinski definition) is 3. The number of carbonyl (C=O) groups excluding carboxylic acids is 1. The zero-order chi connectivity index (χ0) is 16.0. The lowest BCUT2D eigenvalue weighted by atomic mass is 10.1. The monoisotopic (exact) mass is 306 g/mol. The first-order chi connectivity index (χ1) is 11.2. The number of carbonyl (C=O) groups is 1. The van der Waals surface area contributed by atoms with E-state index >= 15 is 0 Å². The molecule has 2 aromatic carbocycles. The number of fused-ring (bicyclic) bond motifs is 3. The van der Waals surface area contributed by atoms with Crippen molar-refractivity contribution in [2.45, 2.75) is 6.54 Å². The summed E-state index contributed by atoms with van der Waals surface area (Å²) in [4.78, 5) is 29.4. The fraction of sp³-hybridized carbons (Fsp3) is 0.111. The van der Waals surface area contributed by atoms with Gasteiger partial charge in [-0.2, -0.15) is 0 Å². The van der Waals surface area contributed by atoms with Gasteiger partial charge in [0.25, 0.3) is 11.5 Å². The van der Waals surface area contributed by atoms with E-state index in [1.54, 1.807) is 24.1 Å². The number of nitrogens with zero attached hydrogens (tertiary/aromatic N) is 1. The Bertz CT molecular complexity index is 974. The molecule has 5 nitrogen and oxygen atoms in total. The summed E-state index contributed by atoms with van der Waals surface area (Å²) >= 11 is 0. The average molecular weight is 306 g/mol. The van der Waals surface area contributed by atoms with E-state index in [0.29, 0.717) is 6.54 Å². The van der Waals surface area contributed by atoms with Gasteiger partial charge < -0.3 is 14.6 Å². The van der Waals surface area contributed by atoms with Crippen LogP contribution in [0.1, 0.15) is 15.9 Å². The molecular weight excluding hydrogens is 292 g/mol. The first-order valence-corrected chi connectivity index (χ1v) is 7.29. The van der Waals surface area contributed by atoms with Crippen LogP contribution < -0.4 is 15.2 Å². The van der Waals surface area contributed by atoms with Gasteiger partial charge in [0.05, 0.1) is 13.7 Å². The molecule has 1 aromatic heterocycles. The minimum absolute atomic E-state index is 0.236. The number of aromatic nitrogens is 1. The molecule has 0 bridgehead atoms. The average Bonchev–Trinajstić information content (AvgIpc) is 2.93. The van der Waals surface area contributed by atoms with Crippen LogP contribution in [0.3, 0.4) is 0 Å². The molecule has 23 heavy (non-hydrogen) atoms. The zero-order valence-corrected chi connectivity index (χ0v) is 12.5. The van der Waals surface area contributed by atoms with Crippen molar-refractivity contribution in [1.29, 1.82) is 0 Å². The number of amides is 1. The van der Waals surface area contributed by atoms with Crippen LogP contribution in [0.15, 0.2) is 53.3 Å². The number of anilines is 1. The fourth-order valence-electron chi connectivity index (χ4n) is 3.04. The topological polar surface area (TPSA) is 62.4 Å². The van der Waals surface area contributed by atoms with Crippen LogP contribution in [0.25, 0.3) is 10.9 Å². The Morgan fingerprint density at radius 3 is 2.52 bits per heavy atom. The molecule has 1 aliphatic heterocycles. The van der Waals surface area contributed by atoms with Gasteiger partial charge in [0.2, 0.25) is 0 Å². The lowest BCUT2D eigenvalue weighted by Crippen LogP contribution is -2.26. The second-order valence-electron chi connectivity index (χ2n) is 5.44. The van der Waals surface area contributed by atoms with Gasteiger partial charge in [-0.15, -0.1) is 0 Å². The zero-order valence-electron chi connectivity index (χ0n) is 12.5. The van der Waals surface area contributed by atoms with E-state index in [2.05, 4.69) is 4.98 Å². The predicted molar refractivity (Wildman–Crippen MR) is 88.1 cm³/mol. The van der Waals surface area contributed by atoms with E-state index in [4.69, 9.17) is 4.74 Å². The SMILES string of the molecule is COc1ccc(N2Cc3c(c(=O)[nH]c4ccccc34)C2=O)cc1. The smallest absolute Gasteiger partial charge is 0.264 e. The molecule has 0 spiro atoms. The Labute approximate surface area is 132 Å². The van der Waals surface area contributed by atoms with Crippen molar-refractivity contribution in [3.8, 4) is 5.75 Å². The van der Waals surface area contributed by atoms with Gasteiger partial charge in [0.15, 0.2) is 0 Å². The fourth-order valence-corrected chi connectivity index (χ4v) is 3.04. The number of H-pyrrole nitrogens is 1. The molecule has 0 fully saturated rings. The molecule has 3 aromatic rings. The summed E-state index contributed by atoms with van der Waals surface area (Å²) in [6.45, 7) is 0.394. The maximum Gasteiger partial charge on any atom is 0.264 e. The highest BCUT2D eigenvalue weighted by atomic mass is 16.5. The van der Waals surface area contributed by atoms with Crippen molar-refractivity contribution in [2.75, 3.05) is 12.0 Å². The summed E-state index contributed by atoms with van der Waals surface area (Å²) in [6.07, 6.45) is 0. The Morgan fingerprint density at radius 2 is 1.78 bits per heavy atom. The summed E-state index contributed by atoms with van der Waals surface area (Å²) in [5, 5.41) is 0.909. The first-order valence-electron chi connectivity index (χ1n) is 7.29. The quantitative estimate of drug-likeness (QED) is 0.792. The molecule has 114 valence electrons. The molecular formula is C18H14N2O3. The second kappa shape index (κ2) is 4.98. The van der Waals surface area contributed by atoms with E-state index in [0.717, 1.165) is 27.9 Å². The number of pyridine rings is 1. The van der Waals surface area contributed by atoms with Gasteiger partial charge in [0, 0.05) is 16.6 Å². The maximum absolute atomic E-state index is 12.7. The highest BCUT2D eigenvalue weighted by Gasteiger charge is 2.32. The van der Waals surface area contributed by atoms with Gasteiger partial charge >= 0.3 is 0 Å². The number of benzene rings is 2. The predicted octanol–water partition coefficient (Wildman–Crippen LogP) is 2.70. The van der Waals surface area contributed by atoms with E-state index in [9.17, 15) is 9.59 Å². The van der Waals surface area contributed by atoms with Gasteiger partial charge in [-0.25, -0.2) is 0 Å². The molecule has 4 rings (SSSR count). The van der Waals surface area contributed by atoms with Gasteiger partial charge in [-0.05, 0) is 35.9 Å². The van der Waals surface area contributed by atoms with Crippen LogP contribution in [0.5, 0.6) is 5.75 Å². The standard InChI is InChI=1S/C18H14N2O3/c1-23-12-8-6-11(7-9-12)20-10-14-13-4-2-3-5-15(13)19-17(21)16(14)18(20)22/h2-9H,10H2,1H3,(H,19,21). The number of para-hydroxylation sites is 1. The molecule has 0 atom stereocenters. The van der Waals surface area contributed by atoms with Crippen LogP contribution in [0.4, 0.5) is 5.69 Å². The third-order valence-electron chi connectivity index (χ3n) is 4.19. The number of ether oxygens (including phenoxy) is 1. The Balaban J connectivity index is 1.85. The third kappa shape index (κ3) is 2.01. The Kier molecular flexibility index (Phi) is 2.94. The summed E-state index contributed by atoms with van der Waals surface area (Å²) in [5.74, 6) is 0.457. The minimum Gasteiger partial charge on any atom is -0.497 e. The van der Waals surface area contributed by atoms with Gasteiger partial charge in [-0.1, -0.05) is 18.2 Å². The van der Waals surface area contributed by atoms with Crippen LogP contribution in [-0.4, -0.2) is 18.0 Å². The number of methoxy groups -OCH3 is 1. The molecule has 0 saturated heterocycles. The lowest BCUT2D eigenvalue weighted by Gasteiger charge is -2.15. The molecule has 0 unspecified atom stereocenters. The van der Waals surface area contributed by atoms with E-state index < -0.39 is 0 Å². The molecule has 0 aliphatic carbocycles. The summed E-state index contributed by atoms with van der Waals surface area (Å²) in [6, 6.07) is 14.8. The second-order valence-corrected chi connectivity index (χ2v) is 5.44. The van der Waals surface area contributed by atoms with Gasteiger partial charge in [0.1, 0.15) is 11.3 Å². The highest BCUT2D eigenvalue weighted by molar-refractivity contribution is 6.12. The molecule has 1 amide bonds. The summed E-state index contributed by atoms with van der Waals surface area (Å²) in [7, 11) is 1.59. The largest absolute Gasteiger partial charge is 0.497 e. The van der Waals surface area contributed by atoms with Crippen molar-refractivity contribution in [2.24, 2.45) is 0 Å². The first kappa shape index (κ1) is 13.6. The lowest BCUT2D eigenvalue weighted by molar-refractivity contribution is 0.0995. The Morgan fingerprint density at radius 1 is 1.04 bits per heavy atom. The third-order valence-corrected chi connectivity index (χ3v) is 4.19. The van der Waals surface area contributed by atoms with E-state index in [1.165, 1.54) is 0 Å². The number of nitrogens with one attached hydrogen (secondary N) is 1. The van der Waals surface area contributed by atoms with E-state index in [1.807, 2.05) is 36.4 Å². The number of aromatic amines is 1. The molecule has 2 heterocycles. The maximum atomic E-state index is 12.7. The highest BCUT2D eigenvalue weighted by Crippen LogP contribution is 2.31. The van der Waals surface area contributed by atoms with Crippen LogP contribution in [0.2, 0.25) is 0 Å². The van der Waals surface area contributed by atoms with Crippen molar-refractivity contribution in [3.05, 3.63) is 70.0 Å². The summed E-state index contributed by atoms with van der Waals surface area (Å²) in [5.41, 5.74) is 2.18. The van der Waals surface area contributed by atoms with E-state index in [-0.39, 0.29) is 17.0 Å². The summed E-state index contributed by atoms with van der Waals surface area (Å²) < 4.78 is 5.14. The van der Waals surface area contributed by atoms with Crippen molar-refractivity contribution in [3.63, 3.8) is 0 Å². The normalized spacial score (nSPS) is 13.4. The van der Waals surface area contributed by atoms with Crippen molar-refractivity contribution in [1.82, 2.24) is 4.98 Å². The molecule has 1 aliphatic rings. The van der Waals surface area contributed by atoms with Gasteiger partial charge in [-0.3, -0.25) is 9.59 Å². The Hall–Kier alpha value is -3.08. The minimum atomic E-state index is -0.334. The van der Waals surface area contributed by atoms with Crippen molar-refractivity contribution >= 4 is 22.5 Å².